The zero-order valence-electron chi connectivity index (χ0n) is 15.9. The van der Waals surface area contributed by atoms with Crippen LogP contribution >= 0.6 is 11.3 Å². The molecule has 0 atom stereocenters. The van der Waals surface area contributed by atoms with E-state index in [2.05, 4.69) is 15.8 Å². The van der Waals surface area contributed by atoms with E-state index in [1.165, 1.54) is 24.5 Å². The number of amides is 2. The summed E-state index contributed by atoms with van der Waals surface area (Å²) in [5, 5.41) is 6.66. The van der Waals surface area contributed by atoms with Crippen LogP contribution < -0.4 is 21.2 Å². The van der Waals surface area contributed by atoms with Crippen molar-refractivity contribution in [2.45, 2.75) is 6.92 Å². The van der Waals surface area contributed by atoms with Crippen LogP contribution in [0.25, 0.3) is 10.4 Å². The number of nitrogens with one attached hydrogen (secondary N) is 2. The van der Waals surface area contributed by atoms with Gasteiger partial charge in [-0.15, -0.1) is 11.3 Å². The van der Waals surface area contributed by atoms with Crippen LogP contribution in [0.3, 0.4) is 0 Å². The number of nitrogen functional groups attached to an aromatic ring is 1. The molecule has 148 valence electrons. The first-order valence-corrected chi connectivity index (χ1v) is 9.52. The van der Waals surface area contributed by atoms with Crippen LogP contribution in [0.2, 0.25) is 0 Å². The zero-order chi connectivity index (χ0) is 20.8. The summed E-state index contributed by atoms with van der Waals surface area (Å²) in [4.78, 5) is 24.7. The van der Waals surface area contributed by atoms with E-state index in [1.807, 2.05) is 24.3 Å². The molecular formula is C21H20N4O3S. The van der Waals surface area contributed by atoms with Gasteiger partial charge in [-0.05, 0) is 53.6 Å². The highest BCUT2D eigenvalue weighted by Crippen LogP contribution is 2.33. The Morgan fingerprint density at radius 1 is 1.10 bits per heavy atom. The molecule has 2 amide bonds. The van der Waals surface area contributed by atoms with E-state index in [0.717, 1.165) is 21.8 Å². The summed E-state index contributed by atoms with van der Waals surface area (Å²) in [6.45, 7) is 1.45. The fourth-order valence-electron chi connectivity index (χ4n) is 2.55. The number of anilines is 2. The Kier molecular flexibility index (Phi) is 6.25. The van der Waals surface area contributed by atoms with Gasteiger partial charge in [0, 0.05) is 17.5 Å². The van der Waals surface area contributed by atoms with Crippen LogP contribution in [-0.2, 0) is 4.79 Å². The normalized spacial score (nSPS) is 10.7. The number of carbonyl (C=O) groups excluding carboxylic acids is 2. The van der Waals surface area contributed by atoms with E-state index in [0.29, 0.717) is 16.3 Å². The van der Waals surface area contributed by atoms with E-state index in [4.69, 9.17) is 10.5 Å². The third-order valence-corrected chi connectivity index (χ3v) is 5.15. The molecule has 8 heteroatoms. The first-order valence-electron chi connectivity index (χ1n) is 8.71. The summed E-state index contributed by atoms with van der Waals surface area (Å²) >= 11 is 1.30. The van der Waals surface area contributed by atoms with Crippen LogP contribution in [0.5, 0.6) is 5.75 Å². The van der Waals surface area contributed by atoms with Crippen molar-refractivity contribution in [3.63, 3.8) is 0 Å². The highest BCUT2D eigenvalue weighted by atomic mass is 32.1. The van der Waals surface area contributed by atoms with Crippen molar-refractivity contribution in [2.24, 2.45) is 5.10 Å². The van der Waals surface area contributed by atoms with Crippen LogP contribution in [0.15, 0.2) is 59.7 Å². The molecule has 0 aliphatic rings. The van der Waals surface area contributed by atoms with Gasteiger partial charge >= 0.3 is 0 Å². The summed E-state index contributed by atoms with van der Waals surface area (Å²) < 4.78 is 5.16. The second kappa shape index (κ2) is 9.03. The molecular weight excluding hydrogens is 388 g/mol. The molecule has 1 aromatic heterocycles. The number of hydrogen-bond donors (Lipinski definition) is 3. The van der Waals surface area contributed by atoms with E-state index in [1.54, 1.807) is 37.4 Å². The van der Waals surface area contributed by atoms with E-state index in [9.17, 15) is 9.59 Å². The Bertz CT molecular complexity index is 1040. The molecule has 7 nitrogen and oxygen atoms in total. The molecule has 0 unspecified atom stereocenters. The molecule has 0 radical (unpaired) electrons. The van der Waals surface area contributed by atoms with Gasteiger partial charge in [0.2, 0.25) is 5.91 Å². The van der Waals surface area contributed by atoms with Crippen molar-refractivity contribution < 1.29 is 14.3 Å². The molecule has 0 spiro atoms. The van der Waals surface area contributed by atoms with Crippen molar-refractivity contribution in [2.75, 3.05) is 18.2 Å². The lowest BCUT2D eigenvalue weighted by atomic mass is 10.2. The first-order chi connectivity index (χ1) is 14.0. The molecule has 29 heavy (non-hydrogen) atoms. The number of carbonyl (C=O) groups is 2. The second-order valence-electron chi connectivity index (χ2n) is 6.13. The number of thiophene rings is 1. The van der Waals surface area contributed by atoms with Gasteiger partial charge in [0.25, 0.3) is 5.91 Å². The third-order valence-electron chi connectivity index (χ3n) is 3.95. The van der Waals surface area contributed by atoms with Gasteiger partial charge in [0.1, 0.15) is 10.6 Å². The largest absolute Gasteiger partial charge is 0.497 e. The van der Waals surface area contributed by atoms with Crippen molar-refractivity contribution in [1.29, 1.82) is 0 Å². The number of methoxy groups -OCH3 is 1. The molecule has 0 saturated heterocycles. The SMILES string of the molecule is COc1ccc(-c2cc(N)c(C(=O)N/N=C\c3ccc(NC(C)=O)cc3)s2)cc1. The fourth-order valence-corrected chi connectivity index (χ4v) is 3.53. The van der Waals surface area contributed by atoms with E-state index in [-0.39, 0.29) is 11.8 Å². The maximum atomic E-state index is 12.4. The fraction of sp³-hybridized carbons (Fsp3) is 0.0952. The van der Waals surface area contributed by atoms with Crippen LogP contribution in [-0.4, -0.2) is 25.1 Å². The summed E-state index contributed by atoms with van der Waals surface area (Å²) in [5.74, 6) is 0.246. The van der Waals surface area contributed by atoms with E-state index >= 15 is 0 Å². The van der Waals surface area contributed by atoms with Gasteiger partial charge in [-0.3, -0.25) is 9.59 Å². The molecule has 2 aromatic carbocycles. The van der Waals surface area contributed by atoms with Crippen LogP contribution in [0, 0.1) is 0 Å². The minimum atomic E-state index is -0.377. The number of hydrazone groups is 1. The lowest BCUT2D eigenvalue weighted by Gasteiger charge is -2.02. The summed E-state index contributed by atoms with van der Waals surface area (Å²) in [5.41, 5.74) is 11.3. The molecule has 0 aliphatic carbocycles. The summed E-state index contributed by atoms with van der Waals surface area (Å²) in [6, 6.07) is 16.4. The van der Waals surface area contributed by atoms with Crippen molar-refractivity contribution in [3.05, 3.63) is 65.0 Å². The molecule has 3 aromatic rings. The summed E-state index contributed by atoms with van der Waals surface area (Å²) in [7, 11) is 1.61. The Morgan fingerprint density at radius 2 is 1.79 bits per heavy atom. The number of nitrogens with zero attached hydrogens (tertiary/aromatic N) is 1. The molecule has 3 rings (SSSR count). The van der Waals surface area contributed by atoms with Crippen LogP contribution in [0.4, 0.5) is 11.4 Å². The minimum Gasteiger partial charge on any atom is -0.497 e. The number of hydrogen-bond acceptors (Lipinski definition) is 6. The highest BCUT2D eigenvalue weighted by molar-refractivity contribution is 7.18. The smallest absolute Gasteiger partial charge is 0.283 e. The van der Waals surface area contributed by atoms with Gasteiger partial charge in [0.05, 0.1) is 19.0 Å². The lowest BCUT2D eigenvalue weighted by molar-refractivity contribution is -0.114. The number of rotatable bonds is 6. The maximum Gasteiger partial charge on any atom is 0.283 e. The second-order valence-corrected chi connectivity index (χ2v) is 7.18. The van der Waals surface area contributed by atoms with Gasteiger partial charge in [0.15, 0.2) is 0 Å². The summed E-state index contributed by atoms with van der Waals surface area (Å²) in [6.07, 6.45) is 1.52. The first kappa shape index (κ1) is 20.1. The maximum absolute atomic E-state index is 12.4. The van der Waals surface area contributed by atoms with Gasteiger partial charge in [-0.1, -0.05) is 12.1 Å². The molecule has 0 aliphatic heterocycles. The van der Waals surface area contributed by atoms with Crippen LogP contribution in [0.1, 0.15) is 22.2 Å². The number of benzene rings is 2. The Balaban J connectivity index is 1.65. The predicted octanol–water partition coefficient (Wildman–Crippen LogP) is 3.73. The molecule has 0 fully saturated rings. The quantitative estimate of drug-likeness (QED) is 0.427. The van der Waals surface area contributed by atoms with Gasteiger partial charge in [-0.25, -0.2) is 5.43 Å². The van der Waals surface area contributed by atoms with Gasteiger partial charge in [-0.2, -0.15) is 5.10 Å². The monoisotopic (exact) mass is 408 g/mol. The topological polar surface area (TPSA) is 106 Å². The van der Waals surface area contributed by atoms with Crippen molar-refractivity contribution in [1.82, 2.24) is 5.43 Å². The minimum absolute atomic E-state index is 0.138. The van der Waals surface area contributed by atoms with Crippen molar-refractivity contribution in [3.8, 4) is 16.2 Å². The zero-order valence-corrected chi connectivity index (χ0v) is 16.7. The predicted molar refractivity (Wildman–Crippen MR) is 117 cm³/mol. The average molecular weight is 408 g/mol. The Labute approximate surface area is 172 Å². The number of nitrogens with two attached hydrogens (primary N) is 1. The molecule has 0 saturated carbocycles. The number of ether oxygens (including phenoxy) is 1. The molecule has 1 heterocycles. The molecule has 4 N–H and O–H groups in total. The average Bonchev–Trinajstić information content (AvgIpc) is 3.10. The Morgan fingerprint density at radius 3 is 2.41 bits per heavy atom. The van der Waals surface area contributed by atoms with Gasteiger partial charge < -0.3 is 15.8 Å². The third kappa shape index (κ3) is 5.20. The molecule has 0 bridgehead atoms. The standard InChI is InChI=1S/C21H20N4O3S/c1-13(26)24-16-7-3-14(4-8-16)12-23-25-21(27)20-18(22)11-19(29-20)15-5-9-17(28-2)10-6-15/h3-12H,22H2,1-2H3,(H,24,26)(H,25,27)/b23-12-. The van der Waals surface area contributed by atoms with E-state index < -0.39 is 0 Å². The Hall–Kier alpha value is -3.65. The highest BCUT2D eigenvalue weighted by Gasteiger charge is 2.15. The lowest BCUT2D eigenvalue weighted by Crippen LogP contribution is -2.17. The van der Waals surface area contributed by atoms with Crippen molar-refractivity contribution >= 4 is 40.7 Å².